The second-order valence-corrected chi connectivity index (χ2v) is 6.37. The lowest BCUT2D eigenvalue weighted by molar-refractivity contribution is -0.132. The smallest absolute Gasteiger partial charge is 0.233 e. The average molecular weight is 398 g/mol. The van der Waals surface area contributed by atoms with Crippen molar-refractivity contribution in [2.45, 2.75) is 6.42 Å². The largest absolute Gasteiger partial charge is 0.367 e. The normalized spacial score (nSPS) is 18.7. The molecule has 3 rings (SSSR count). The molecule has 138 valence electrons. The molecule has 24 heavy (non-hydrogen) atoms. The number of carbonyl (C=O) groups is 1. The van der Waals surface area contributed by atoms with Crippen LogP contribution in [0.4, 0.5) is 11.1 Å². The van der Waals surface area contributed by atoms with Crippen molar-refractivity contribution in [3.05, 3.63) is 0 Å². The highest BCUT2D eigenvalue weighted by Gasteiger charge is 2.21. The first kappa shape index (κ1) is 21.2. The molecule has 0 aliphatic carbocycles. The summed E-state index contributed by atoms with van der Waals surface area (Å²) in [4.78, 5) is 22.9. The first-order valence-electron chi connectivity index (χ1n) is 7.77. The fraction of sp³-hybridized carbons (Fsp3) is 0.769. The van der Waals surface area contributed by atoms with Crippen molar-refractivity contribution in [3.8, 4) is 0 Å². The van der Waals surface area contributed by atoms with E-state index in [2.05, 4.69) is 24.5 Å². The molecule has 1 amide bonds. The van der Waals surface area contributed by atoms with E-state index >= 15 is 0 Å². The maximum absolute atomic E-state index is 12.2. The zero-order chi connectivity index (χ0) is 15.4. The van der Waals surface area contributed by atoms with E-state index in [9.17, 15) is 4.79 Å². The maximum Gasteiger partial charge on any atom is 0.233 e. The van der Waals surface area contributed by atoms with Gasteiger partial charge in [-0.15, -0.1) is 24.8 Å². The molecule has 0 spiro atoms. The number of hydrogen-bond donors (Lipinski definition) is 2. The van der Waals surface area contributed by atoms with Crippen molar-refractivity contribution in [1.29, 1.82) is 0 Å². The molecule has 0 aromatic carbocycles. The van der Waals surface area contributed by atoms with Crippen molar-refractivity contribution in [2.24, 2.45) is 0 Å². The Morgan fingerprint density at radius 2 is 1.79 bits per heavy atom. The van der Waals surface area contributed by atoms with Crippen LogP contribution in [-0.2, 0) is 4.79 Å². The molecule has 3 N–H and O–H groups in total. The second kappa shape index (κ2) is 10.2. The van der Waals surface area contributed by atoms with Gasteiger partial charge in [0.15, 0.2) is 0 Å². The van der Waals surface area contributed by atoms with Crippen LogP contribution in [0.25, 0.3) is 0 Å². The van der Waals surface area contributed by atoms with E-state index in [0.717, 1.165) is 64.0 Å². The van der Waals surface area contributed by atoms with Gasteiger partial charge in [-0.05, 0) is 0 Å². The molecule has 0 atom stereocenters. The summed E-state index contributed by atoms with van der Waals surface area (Å²) in [6.07, 6.45) is 0.617. The number of nitrogen functional groups attached to an aromatic ring is 1. The number of hydrogen-bond acceptors (Lipinski definition) is 8. The topological polar surface area (TPSA) is 90.6 Å². The van der Waals surface area contributed by atoms with E-state index in [1.807, 2.05) is 4.90 Å². The molecule has 0 radical (unpaired) electrons. The molecule has 0 saturated carbocycles. The van der Waals surface area contributed by atoms with E-state index in [4.69, 9.17) is 5.73 Å². The van der Waals surface area contributed by atoms with Crippen molar-refractivity contribution in [3.63, 3.8) is 0 Å². The van der Waals surface area contributed by atoms with Gasteiger partial charge in [-0.2, -0.15) is 9.36 Å². The summed E-state index contributed by atoms with van der Waals surface area (Å²) < 4.78 is 4.02. The van der Waals surface area contributed by atoms with Crippen LogP contribution in [0.1, 0.15) is 6.42 Å². The van der Waals surface area contributed by atoms with Crippen LogP contribution in [-0.4, -0.2) is 84.0 Å². The maximum atomic E-state index is 12.2. The van der Waals surface area contributed by atoms with Crippen LogP contribution in [0.3, 0.4) is 0 Å². The van der Waals surface area contributed by atoms with Gasteiger partial charge in [0.2, 0.25) is 17.0 Å². The Kier molecular flexibility index (Phi) is 8.99. The van der Waals surface area contributed by atoms with E-state index < -0.39 is 0 Å². The van der Waals surface area contributed by atoms with Gasteiger partial charge >= 0.3 is 0 Å². The molecule has 1 aromatic heterocycles. The predicted octanol–water partition coefficient (Wildman–Crippen LogP) is -0.0922. The summed E-state index contributed by atoms with van der Waals surface area (Å²) >= 11 is 1.35. The monoisotopic (exact) mass is 397 g/mol. The van der Waals surface area contributed by atoms with Crippen LogP contribution in [0.2, 0.25) is 0 Å². The molecule has 11 heteroatoms. The SMILES string of the molecule is Cl.Cl.Nc1nsc(N2CCN(CCC(=O)N3CCNCC3)CC2)n1. The number of amides is 1. The lowest BCUT2D eigenvalue weighted by atomic mass is 10.2. The minimum absolute atomic E-state index is 0. The van der Waals surface area contributed by atoms with Gasteiger partial charge < -0.3 is 20.9 Å². The van der Waals surface area contributed by atoms with Crippen molar-refractivity contribution < 1.29 is 4.79 Å². The molecule has 8 nitrogen and oxygen atoms in total. The molecule has 2 saturated heterocycles. The van der Waals surface area contributed by atoms with Gasteiger partial charge in [-0.1, -0.05) is 0 Å². The van der Waals surface area contributed by atoms with Gasteiger partial charge in [0.05, 0.1) is 0 Å². The highest BCUT2D eigenvalue weighted by molar-refractivity contribution is 7.09. The summed E-state index contributed by atoms with van der Waals surface area (Å²) in [5.74, 6) is 0.630. The van der Waals surface area contributed by atoms with Crippen LogP contribution < -0.4 is 16.0 Å². The summed E-state index contributed by atoms with van der Waals surface area (Å²) in [7, 11) is 0. The zero-order valence-corrected chi connectivity index (χ0v) is 16.0. The van der Waals surface area contributed by atoms with Crippen LogP contribution in [0.5, 0.6) is 0 Å². The quantitative estimate of drug-likeness (QED) is 0.733. The number of nitrogens with two attached hydrogens (primary N) is 1. The number of rotatable bonds is 4. The Labute approximate surface area is 158 Å². The first-order chi connectivity index (χ1) is 10.7. The van der Waals surface area contributed by atoms with E-state index in [1.54, 1.807) is 0 Å². The van der Waals surface area contributed by atoms with Crippen molar-refractivity contribution in [2.75, 3.05) is 69.5 Å². The third-order valence-corrected chi connectivity index (χ3v) is 4.98. The molecule has 2 aliphatic heterocycles. The highest BCUT2D eigenvalue weighted by Crippen LogP contribution is 2.19. The Morgan fingerprint density at radius 1 is 1.12 bits per heavy atom. The summed E-state index contributed by atoms with van der Waals surface area (Å²) in [6, 6.07) is 0. The minimum Gasteiger partial charge on any atom is -0.367 e. The second-order valence-electron chi connectivity index (χ2n) is 5.64. The van der Waals surface area contributed by atoms with E-state index in [0.29, 0.717) is 12.4 Å². The third kappa shape index (κ3) is 5.59. The highest BCUT2D eigenvalue weighted by atomic mass is 35.5. The van der Waals surface area contributed by atoms with Crippen LogP contribution in [0, 0.1) is 0 Å². The number of nitrogens with zero attached hydrogens (tertiary/aromatic N) is 5. The lowest BCUT2D eigenvalue weighted by Gasteiger charge is -2.34. The van der Waals surface area contributed by atoms with Gasteiger partial charge in [0.1, 0.15) is 0 Å². The average Bonchev–Trinajstić information content (AvgIpc) is 3.00. The Morgan fingerprint density at radius 3 is 2.38 bits per heavy atom. The van der Waals surface area contributed by atoms with Gasteiger partial charge in [-0.25, -0.2) is 0 Å². The Balaban J connectivity index is 0.00000144. The molecule has 2 fully saturated rings. The number of aromatic nitrogens is 2. The standard InChI is InChI=1S/C13H23N7OS.2ClH/c14-12-16-13(22-17-12)20-9-7-18(8-10-20)4-1-11(21)19-5-2-15-3-6-19;;/h15H,1-10H2,(H2,14,17);2*1H. The fourth-order valence-electron chi connectivity index (χ4n) is 2.84. The number of anilines is 2. The summed E-state index contributed by atoms with van der Waals surface area (Å²) in [6.45, 7) is 8.07. The summed E-state index contributed by atoms with van der Waals surface area (Å²) in [5.41, 5.74) is 5.57. The van der Waals surface area contributed by atoms with Gasteiger partial charge in [0, 0.05) is 76.9 Å². The summed E-state index contributed by atoms with van der Waals surface area (Å²) in [5, 5.41) is 4.17. The number of carbonyl (C=O) groups excluding carboxylic acids is 1. The van der Waals surface area contributed by atoms with Crippen LogP contribution >= 0.6 is 36.3 Å². The minimum atomic E-state index is 0. The third-order valence-electron chi connectivity index (χ3n) is 4.19. The van der Waals surface area contributed by atoms with E-state index in [-0.39, 0.29) is 30.7 Å². The lowest BCUT2D eigenvalue weighted by Crippen LogP contribution is -2.49. The molecular formula is C13H25Cl2N7OS. The fourth-order valence-corrected chi connectivity index (χ4v) is 3.49. The van der Waals surface area contributed by atoms with Crippen molar-refractivity contribution >= 4 is 53.3 Å². The van der Waals surface area contributed by atoms with Crippen molar-refractivity contribution in [1.82, 2.24) is 24.5 Å². The van der Waals surface area contributed by atoms with Crippen LogP contribution in [0.15, 0.2) is 0 Å². The number of piperazine rings is 2. The Hall–Kier alpha value is -0.870. The van der Waals surface area contributed by atoms with E-state index in [1.165, 1.54) is 11.5 Å². The Bertz CT molecular complexity index is 504. The number of halogens is 2. The molecule has 1 aromatic rings. The van der Waals surface area contributed by atoms with Gasteiger partial charge in [0.25, 0.3) is 0 Å². The predicted molar refractivity (Wildman–Crippen MR) is 102 cm³/mol. The molecule has 0 unspecified atom stereocenters. The molecular weight excluding hydrogens is 373 g/mol. The molecule has 2 aliphatic rings. The number of nitrogens with one attached hydrogen (secondary N) is 1. The molecule has 3 heterocycles. The zero-order valence-electron chi connectivity index (χ0n) is 13.5. The molecule has 0 bridgehead atoms. The first-order valence-corrected chi connectivity index (χ1v) is 8.55. The van der Waals surface area contributed by atoms with Gasteiger partial charge in [-0.3, -0.25) is 9.69 Å².